The Morgan fingerprint density at radius 2 is 2.20 bits per heavy atom. The van der Waals surface area contributed by atoms with Crippen LogP contribution in [0.25, 0.3) is 0 Å². The van der Waals surface area contributed by atoms with E-state index < -0.39 is 0 Å². The van der Waals surface area contributed by atoms with Crippen LogP contribution in [-0.4, -0.2) is 50.1 Å². The number of rotatable bonds is 9. The third-order valence-electron chi connectivity index (χ3n) is 3.81. The zero-order chi connectivity index (χ0) is 14.8. The van der Waals surface area contributed by atoms with E-state index >= 15 is 0 Å². The second kappa shape index (κ2) is 10.2. The largest absolute Gasteiger partial charge is 0.355 e. The number of likely N-dealkylation sites (tertiary alicyclic amines) is 1. The second-order valence-electron chi connectivity index (χ2n) is 6.50. The first-order valence-electron chi connectivity index (χ1n) is 8.31. The number of hydrogen-bond donors (Lipinski definition) is 2. The minimum atomic E-state index is 0.189. The zero-order valence-corrected chi connectivity index (χ0v) is 13.6. The van der Waals surface area contributed by atoms with Crippen molar-refractivity contribution >= 4 is 5.91 Å². The normalized spacial score (nSPS) is 20.3. The average molecular weight is 283 g/mol. The highest BCUT2D eigenvalue weighted by Crippen LogP contribution is 2.15. The van der Waals surface area contributed by atoms with Gasteiger partial charge >= 0.3 is 0 Å². The molecular formula is C16H33N3O. The molecule has 1 aliphatic rings. The molecule has 0 saturated carbocycles. The van der Waals surface area contributed by atoms with E-state index in [0.717, 1.165) is 45.6 Å². The Hall–Kier alpha value is -0.610. The van der Waals surface area contributed by atoms with E-state index in [1.807, 2.05) is 0 Å². The van der Waals surface area contributed by atoms with E-state index in [0.29, 0.717) is 18.4 Å². The van der Waals surface area contributed by atoms with Gasteiger partial charge in [-0.2, -0.15) is 0 Å². The minimum Gasteiger partial charge on any atom is -0.355 e. The van der Waals surface area contributed by atoms with Gasteiger partial charge in [-0.05, 0) is 50.7 Å². The molecule has 1 saturated heterocycles. The monoisotopic (exact) mass is 283 g/mol. The number of piperidine rings is 1. The molecular weight excluding hydrogens is 250 g/mol. The van der Waals surface area contributed by atoms with Crippen LogP contribution in [0.1, 0.15) is 46.5 Å². The lowest BCUT2D eigenvalue weighted by molar-refractivity contribution is -0.122. The van der Waals surface area contributed by atoms with Gasteiger partial charge in [0, 0.05) is 13.1 Å². The van der Waals surface area contributed by atoms with Crippen LogP contribution >= 0.6 is 0 Å². The molecule has 1 heterocycles. The molecule has 1 aliphatic heterocycles. The van der Waals surface area contributed by atoms with E-state index in [1.165, 1.54) is 12.8 Å². The molecule has 118 valence electrons. The quantitative estimate of drug-likeness (QED) is 0.635. The van der Waals surface area contributed by atoms with Crippen molar-refractivity contribution in [2.75, 3.05) is 39.3 Å². The molecule has 4 nitrogen and oxygen atoms in total. The summed E-state index contributed by atoms with van der Waals surface area (Å²) in [4.78, 5) is 14.1. The van der Waals surface area contributed by atoms with Gasteiger partial charge in [-0.1, -0.05) is 27.2 Å². The predicted octanol–water partition coefficient (Wildman–Crippen LogP) is 1.86. The van der Waals surface area contributed by atoms with Crippen molar-refractivity contribution < 1.29 is 4.79 Å². The number of amides is 1. The molecule has 1 unspecified atom stereocenters. The molecule has 4 heteroatoms. The first kappa shape index (κ1) is 17.4. The smallest absolute Gasteiger partial charge is 0.234 e. The lowest BCUT2D eigenvalue weighted by atomic mass is 9.98. The molecule has 0 aromatic heterocycles. The Kier molecular flexibility index (Phi) is 8.86. The summed E-state index contributed by atoms with van der Waals surface area (Å²) in [6, 6.07) is 0. The Bertz CT molecular complexity index is 268. The van der Waals surface area contributed by atoms with E-state index in [1.54, 1.807) is 0 Å². The Morgan fingerprint density at radius 1 is 1.40 bits per heavy atom. The van der Waals surface area contributed by atoms with Crippen LogP contribution in [0.3, 0.4) is 0 Å². The average Bonchev–Trinajstić information content (AvgIpc) is 2.39. The molecule has 1 atom stereocenters. The van der Waals surface area contributed by atoms with Gasteiger partial charge in [-0.15, -0.1) is 0 Å². The molecule has 20 heavy (non-hydrogen) atoms. The van der Waals surface area contributed by atoms with Crippen LogP contribution < -0.4 is 10.6 Å². The number of nitrogens with one attached hydrogen (secondary N) is 2. The van der Waals surface area contributed by atoms with Gasteiger partial charge in [-0.3, -0.25) is 9.69 Å². The molecule has 0 aromatic rings. The fourth-order valence-corrected chi connectivity index (χ4v) is 2.70. The van der Waals surface area contributed by atoms with Crippen LogP contribution in [0, 0.1) is 11.8 Å². The van der Waals surface area contributed by atoms with Crippen molar-refractivity contribution in [1.29, 1.82) is 0 Å². The van der Waals surface area contributed by atoms with E-state index in [4.69, 9.17) is 0 Å². The summed E-state index contributed by atoms with van der Waals surface area (Å²) in [6.45, 7) is 12.3. The van der Waals surface area contributed by atoms with E-state index in [9.17, 15) is 4.79 Å². The standard InChI is InChI=1S/C16H33N3O/c1-4-5-8-18-16(20)13-19-9-6-7-15(12-19)11-17-10-14(2)3/h14-15,17H,4-13H2,1-3H3,(H,18,20). The molecule has 0 aromatic carbocycles. The summed E-state index contributed by atoms with van der Waals surface area (Å²) >= 11 is 0. The molecule has 0 aliphatic carbocycles. The first-order chi connectivity index (χ1) is 9.61. The molecule has 1 fully saturated rings. The van der Waals surface area contributed by atoms with E-state index in [2.05, 4.69) is 36.3 Å². The Balaban J connectivity index is 2.17. The van der Waals surface area contributed by atoms with Crippen LogP contribution in [0.15, 0.2) is 0 Å². The van der Waals surface area contributed by atoms with E-state index in [-0.39, 0.29) is 5.91 Å². The fourth-order valence-electron chi connectivity index (χ4n) is 2.70. The van der Waals surface area contributed by atoms with Gasteiger partial charge in [0.05, 0.1) is 6.54 Å². The van der Waals surface area contributed by atoms with Gasteiger partial charge in [-0.25, -0.2) is 0 Å². The highest BCUT2D eigenvalue weighted by molar-refractivity contribution is 5.77. The first-order valence-corrected chi connectivity index (χ1v) is 8.31. The van der Waals surface area contributed by atoms with Gasteiger partial charge in [0.1, 0.15) is 0 Å². The summed E-state index contributed by atoms with van der Waals surface area (Å²) in [7, 11) is 0. The number of unbranched alkanes of at least 4 members (excludes halogenated alkanes) is 1. The topological polar surface area (TPSA) is 44.4 Å². The highest BCUT2D eigenvalue weighted by Gasteiger charge is 2.21. The zero-order valence-electron chi connectivity index (χ0n) is 13.6. The molecule has 0 bridgehead atoms. The van der Waals surface area contributed by atoms with Crippen molar-refractivity contribution in [3.05, 3.63) is 0 Å². The van der Waals surface area contributed by atoms with Crippen LogP contribution in [0.5, 0.6) is 0 Å². The molecule has 0 radical (unpaired) electrons. The summed E-state index contributed by atoms with van der Waals surface area (Å²) in [5.41, 5.74) is 0. The maximum absolute atomic E-state index is 11.8. The summed E-state index contributed by atoms with van der Waals surface area (Å²) < 4.78 is 0. The highest BCUT2D eigenvalue weighted by atomic mass is 16.2. The number of nitrogens with zero attached hydrogens (tertiary/aromatic N) is 1. The number of carbonyl (C=O) groups is 1. The van der Waals surface area contributed by atoms with Crippen LogP contribution in [0.2, 0.25) is 0 Å². The maximum Gasteiger partial charge on any atom is 0.234 e. The summed E-state index contributed by atoms with van der Waals surface area (Å²) in [5.74, 6) is 1.60. The van der Waals surface area contributed by atoms with Crippen LogP contribution in [0.4, 0.5) is 0 Å². The van der Waals surface area contributed by atoms with Crippen molar-refractivity contribution in [3.8, 4) is 0 Å². The van der Waals surface area contributed by atoms with Crippen LogP contribution in [-0.2, 0) is 4.79 Å². The van der Waals surface area contributed by atoms with Gasteiger partial charge in [0.25, 0.3) is 0 Å². The maximum atomic E-state index is 11.8. The molecule has 1 rings (SSSR count). The second-order valence-corrected chi connectivity index (χ2v) is 6.50. The predicted molar refractivity (Wildman–Crippen MR) is 84.8 cm³/mol. The van der Waals surface area contributed by atoms with Crippen molar-refractivity contribution in [1.82, 2.24) is 15.5 Å². The lowest BCUT2D eigenvalue weighted by Crippen LogP contribution is -2.45. The summed E-state index contributed by atoms with van der Waals surface area (Å²) in [5, 5.41) is 6.55. The lowest BCUT2D eigenvalue weighted by Gasteiger charge is -2.32. The molecule has 1 amide bonds. The SMILES string of the molecule is CCCCNC(=O)CN1CCCC(CNCC(C)C)C1. The Morgan fingerprint density at radius 3 is 2.90 bits per heavy atom. The molecule has 0 spiro atoms. The van der Waals surface area contributed by atoms with Crippen molar-refractivity contribution in [2.24, 2.45) is 11.8 Å². The van der Waals surface area contributed by atoms with Crippen molar-refractivity contribution in [2.45, 2.75) is 46.5 Å². The van der Waals surface area contributed by atoms with Gasteiger partial charge < -0.3 is 10.6 Å². The number of carbonyl (C=O) groups excluding carboxylic acids is 1. The van der Waals surface area contributed by atoms with Gasteiger partial charge in [0.2, 0.25) is 5.91 Å². The minimum absolute atomic E-state index is 0.189. The third kappa shape index (κ3) is 7.85. The summed E-state index contributed by atoms with van der Waals surface area (Å²) in [6.07, 6.45) is 4.72. The Labute approximate surface area is 124 Å². The fraction of sp³-hybridized carbons (Fsp3) is 0.938. The molecule has 2 N–H and O–H groups in total. The third-order valence-corrected chi connectivity index (χ3v) is 3.81. The van der Waals surface area contributed by atoms with Crippen molar-refractivity contribution in [3.63, 3.8) is 0 Å². The number of hydrogen-bond acceptors (Lipinski definition) is 3. The van der Waals surface area contributed by atoms with Gasteiger partial charge in [0.15, 0.2) is 0 Å².